The predicted octanol–water partition coefficient (Wildman–Crippen LogP) is 14.1. The molecule has 0 spiro atoms. The van der Waals surface area contributed by atoms with Crippen LogP contribution >= 0.6 is 15.6 Å². The molecule has 0 fully saturated rings. The average molecular weight is 1100 g/mol. The highest BCUT2D eigenvalue weighted by atomic mass is 31.2. The third kappa shape index (κ3) is 49.6. The molecule has 0 radical (unpaired) electrons. The van der Waals surface area contributed by atoms with Crippen LogP contribution in [0.4, 0.5) is 0 Å². The van der Waals surface area contributed by atoms with Crippen molar-refractivity contribution in [2.75, 3.05) is 39.6 Å². The average Bonchev–Trinajstić information content (AvgIpc) is 3.35. The summed E-state index contributed by atoms with van der Waals surface area (Å²) in [6.07, 6.45) is 27.2. The summed E-state index contributed by atoms with van der Waals surface area (Å²) in [4.78, 5) is 71.4. The Morgan fingerprint density at radius 2 is 0.622 bits per heavy atom. The molecule has 0 heterocycles. The minimum atomic E-state index is -4.93. The molecule has 0 aromatic carbocycles. The molecule has 0 aliphatic carbocycles. The van der Waals surface area contributed by atoms with Crippen molar-refractivity contribution in [1.29, 1.82) is 0 Å². The highest BCUT2D eigenvalue weighted by Gasteiger charge is 2.30. The van der Waals surface area contributed by atoms with Gasteiger partial charge < -0.3 is 33.8 Å². The molecule has 19 heteroatoms. The fourth-order valence-corrected chi connectivity index (χ4v) is 9.52. The molecule has 5 atom stereocenters. The van der Waals surface area contributed by atoms with Gasteiger partial charge in [0.15, 0.2) is 12.2 Å². The fraction of sp³-hybridized carbons (Fsp3) is 0.927. The van der Waals surface area contributed by atoms with E-state index in [1.54, 1.807) is 0 Å². The topological polar surface area (TPSA) is 237 Å². The van der Waals surface area contributed by atoms with Gasteiger partial charge in [0, 0.05) is 25.7 Å². The summed E-state index contributed by atoms with van der Waals surface area (Å²) < 4.78 is 67.3. The van der Waals surface area contributed by atoms with Crippen molar-refractivity contribution in [3.63, 3.8) is 0 Å². The molecule has 0 aromatic heterocycles. The Labute approximate surface area is 447 Å². The molecule has 2 unspecified atom stereocenters. The number of ether oxygens (including phenoxy) is 4. The van der Waals surface area contributed by atoms with E-state index < -0.39 is 97.5 Å². The Morgan fingerprint density at radius 1 is 0.365 bits per heavy atom. The Balaban J connectivity index is 5.19. The molecule has 0 bridgehead atoms. The summed E-state index contributed by atoms with van der Waals surface area (Å²) in [6, 6.07) is 0. The number of carbonyl (C=O) groups is 4. The third-order valence-corrected chi connectivity index (χ3v) is 14.4. The minimum absolute atomic E-state index is 0.103. The van der Waals surface area contributed by atoms with Crippen LogP contribution < -0.4 is 0 Å². The van der Waals surface area contributed by atoms with Gasteiger partial charge in [-0.25, -0.2) is 9.13 Å². The van der Waals surface area contributed by atoms with Crippen LogP contribution in [0.1, 0.15) is 260 Å². The largest absolute Gasteiger partial charge is 0.472 e. The number of aliphatic hydroxyl groups excluding tert-OH is 1. The maximum Gasteiger partial charge on any atom is 0.472 e. The van der Waals surface area contributed by atoms with Crippen molar-refractivity contribution in [3.05, 3.63) is 0 Å². The molecule has 0 amide bonds. The number of esters is 4. The van der Waals surface area contributed by atoms with Crippen LogP contribution in [0.3, 0.4) is 0 Å². The Bertz CT molecular complexity index is 1480. The zero-order valence-electron chi connectivity index (χ0n) is 47.1. The number of hydrogen-bond donors (Lipinski definition) is 3. The van der Waals surface area contributed by atoms with Crippen molar-refractivity contribution in [1.82, 2.24) is 0 Å². The molecule has 0 saturated carbocycles. The van der Waals surface area contributed by atoms with Crippen LogP contribution in [0, 0.1) is 11.8 Å². The first-order chi connectivity index (χ1) is 35.4. The second-order valence-corrected chi connectivity index (χ2v) is 23.8. The summed E-state index contributed by atoms with van der Waals surface area (Å²) in [7, 11) is -9.86. The Morgan fingerprint density at radius 3 is 0.919 bits per heavy atom. The van der Waals surface area contributed by atoms with E-state index >= 15 is 0 Å². The van der Waals surface area contributed by atoms with Crippen LogP contribution in [0.2, 0.25) is 0 Å². The summed E-state index contributed by atoms with van der Waals surface area (Å²) in [5, 5.41) is 10.4. The van der Waals surface area contributed by atoms with Crippen molar-refractivity contribution in [2.45, 2.75) is 278 Å². The number of carbonyl (C=O) groups excluding carboxylic acids is 4. The standard InChI is InChI=1S/C55H106O17P2/c1-7-9-11-13-14-20-27-33-39-54(59)71-50(43-65-52(57)37-31-23-12-10-8-2)45-69-73(61,62)67-41-49(56)42-68-74(63,64)70-46-51(44-66-53(58)38-32-26-22-17-19-25-30-36-48(5)6)72-55(60)40-34-28-21-16-15-18-24-29-35-47(3)4/h47-51,56H,7-46H2,1-6H3,(H,61,62)(H,63,64)/t49-,50+,51+/m0/s1. The molecule has 0 aliphatic rings. The summed E-state index contributed by atoms with van der Waals surface area (Å²) in [6.45, 7) is 9.20. The molecule has 0 aromatic rings. The molecule has 3 N–H and O–H groups in total. The van der Waals surface area contributed by atoms with E-state index in [9.17, 15) is 43.2 Å². The van der Waals surface area contributed by atoms with Gasteiger partial charge in [-0.1, -0.05) is 208 Å². The molecule has 0 rings (SSSR count). The molecule has 0 aliphatic heterocycles. The van der Waals surface area contributed by atoms with Gasteiger partial charge in [-0.3, -0.25) is 37.3 Å². The molecular formula is C55H106O17P2. The van der Waals surface area contributed by atoms with Gasteiger partial charge in [-0.15, -0.1) is 0 Å². The number of hydrogen-bond acceptors (Lipinski definition) is 15. The quantitative estimate of drug-likeness (QED) is 0.0222. The van der Waals surface area contributed by atoms with Crippen molar-refractivity contribution in [3.8, 4) is 0 Å². The molecular weight excluding hydrogens is 995 g/mol. The third-order valence-electron chi connectivity index (χ3n) is 12.5. The Kier molecular flexibility index (Phi) is 46.9. The van der Waals surface area contributed by atoms with E-state index in [0.717, 1.165) is 115 Å². The first kappa shape index (κ1) is 72.1. The number of phosphoric ester groups is 2. The molecule has 438 valence electrons. The SMILES string of the molecule is CCCCCCCCCCC(=O)O[C@H](COC(=O)CCCCCCC)COP(=O)(O)OC[C@H](O)COP(=O)(O)OC[C@@H](COC(=O)CCCCCCCCCC(C)C)OC(=O)CCCCCCCCCCC(C)C. The van der Waals surface area contributed by atoms with Gasteiger partial charge >= 0.3 is 39.5 Å². The lowest BCUT2D eigenvalue weighted by molar-refractivity contribution is -0.161. The maximum absolute atomic E-state index is 12.9. The fourth-order valence-electron chi connectivity index (χ4n) is 7.94. The summed E-state index contributed by atoms with van der Waals surface area (Å²) >= 11 is 0. The number of rotatable bonds is 54. The Hall–Kier alpha value is -1.94. The zero-order valence-corrected chi connectivity index (χ0v) is 48.9. The van der Waals surface area contributed by atoms with E-state index in [1.807, 2.05) is 0 Å². The van der Waals surface area contributed by atoms with E-state index in [-0.39, 0.29) is 25.7 Å². The lowest BCUT2D eigenvalue weighted by Crippen LogP contribution is -2.30. The molecule has 17 nitrogen and oxygen atoms in total. The highest BCUT2D eigenvalue weighted by molar-refractivity contribution is 7.47. The first-order valence-electron chi connectivity index (χ1n) is 29.0. The van der Waals surface area contributed by atoms with Gasteiger partial charge in [-0.05, 0) is 37.5 Å². The lowest BCUT2D eigenvalue weighted by Gasteiger charge is -2.21. The van der Waals surface area contributed by atoms with Crippen LogP contribution in [0.15, 0.2) is 0 Å². The van der Waals surface area contributed by atoms with Gasteiger partial charge in [0.1, 0.15) is 19.3 Å². The number of phosphoric acid groups is 2. The second kappa shape index (κ2) is 48.2. The normalized spacial score (nSPS) is 14.6. The van der Waals surface area contributed by atoms with Crippen LogP contribution in [0.5, 0.6) is 0 Å². The smallest absolute Gasteiger partial charge is 0.462 e. The van der Waals surface area contributed by atoms with Crippen molar-refractivity contribution >= 4 is 39.5 Å². The summed E-state index contributed by atoms with van der Waals surface area (Å²) in [5.74, 6) is -0.739. The van der Waals surface area contributed by atoms with E-state index in [1.165, 1.54) is 57.8 Å². The predicted molar refractivity (Wildman–Crippen MR) is 289 cm³/mol. The van der Waals surface area contributed by atoms with Crippen LogP contribution in [-0.2, 0) is 65.4 Å². The van der Waals surface area contributed by atoms with Crippen LogP contribution in [-0.4, -0.2) is 96.7 Å². The maximum atomic E-state index is 12.9. The van der Waals surface area contributed by atoms with Gasteiger partial charge in [0.2, 0.25) is 0 Å². The van der Waals surface area contributed by atoms with Crippen molar-refractivity contribution in [2.24, 2.45) is 11.8 Å². The minimum Gasteiger partial charge on any atom is -0.462 e. The molecule has 74 heavy (non-hydrogen) atoms. The van der Waals surface area contributed by atoms with Crippen molar-refractivity contribution < 1.29 is 80.2 Å². The first-order valence-corrected chi connectivity index (χ1v) is 32.0. The van der Waals surface area contributed by atoms with Gasteiger partial charge in [0.25, 0.3) is 0 Å². The zero-order chi connectivity index (χ0) is 55.1. The van der Waals surface area contributed by atoms with E-state index in [0.29, 0.717) is 31.6 Å². The lowest BCUT2D eigenvalue weighted by atomic mass is 10.0. The molecule has 0 saturated heterocycles. The second-order valence-electron chi connectivity index (χ2n) is 20.9. The van der Waals surface area contributed by atoms with Crippen LogP contribution in [0.25, 0.3) is 0 Å². The number of unbranched alkanes of at least 4 members (excludes halogenated alkanes) is 24. The number of aliphatic hydroxyl groups is 1. The summed E-state index contributed by atoms with van der Waals surface area (Å²) in [5.41, 5.74) is 0. The van der Waals surface area contributed by atoms with E-state index in [2.05, 4.69) is 41.5 Å². The monoisotopic (exact) mass is 1100 g/mol. The van der Waals surface area contributed by atoms with Gasteiger partial charge in [-0.2, -0.15) is 0 Å². The van der Waals surface area contributed by atoms with E-state index in [4.69, 9.17) is 37.0 Å². The van der Waals surface area contributed by atoms with Gasteiger partial charge in [0.05, 0.1) is 26.4 Å². The highest BCUT2D eigenvalue weighted by Crippen LogP contribution is 2.45.